The SMILES string of the molecule is COc1ccc(C(=O)Cl)c2c3c(oc12)CCCC3. The number of rotatable bonds is 2. The van der Waals surface area contributed by atoms with Crippen LogP contribution in [-0.2, 0) is 12.8 Å². The minimum atomic E-state index is -0.447. The zero-order valence-electron chi connectivity index (χ0n) is 10.1. The summed E-state index contributed by atoms with van der Waals surface area (Å²) in [5.74, 6) is 1.63. The second kappa shape index (κ2) is 4.32. The number of ether oxygens (including phenoxy) is 1. The molecule has 1 aliphatic carbocycles. The first-order valence-corrected chi connectivity index (χ1v) is 6.41. The van der Waals surface area contributed by atoms with Gasteiger partial charge in [0.25, 0.3) is 5.24 Å². The number of furan rings is 1. The summed E-state index contributed by atoms with van der Waals surface area (Å²) in [6.07, 6.45) is 4.10. The van der Waals surface area contributed by atoms with Gasteiger partial charge in [-0.15, -0.1) is 0 Å². The smallest absolute Gasteiger partial charge is 0.253 e. The molecule has 0 spiro atoms. The van der Waals surface area contributed by atoms with E-state index in [0.717, 1.165) is 42.4 Å². The Morgan fingerprint density at radius 2 is 2.11 bits per heavy atom. The molecule has 0 atom stereocenters. The number of halogens is 1. The van der Waals surface area contributed by atoms with Crippen molar-refractivity contribution in [1.82, 2.24) is 0 Å². The van der Waals surface area contributed by atoms with E-state index in [1.165, 1.54) is 0 Å². The number of hydrogen-bond donors (Lipinski definition) is 0. The normalized spacial score (nSPS) is 14.6. The average Bonchev–Trinajstić information content (AvgIpc) is 2.76. The Morgan fingerprint density at radius 3 is 2.83 bits per heavy atom. The molecule has 0 radical (unpaired) electrons. The van der Waals surface area contributed by atoms with E-state index in [9.17, 15) is 4.79 Å². The molecular weight excluding hydrogens is 252 g/mol. The Balaban J connectivity index is 2.38. The topological polar surface area (TPSA) is 39.4 Å². The molecule has 0 amide bonds. The monoisotopic (exact) mass is 264 g/mol. The zero-order valence-corrected chi connectivity index (χ0v) is 10.8. The van der Waals surface area contributed by atoms with Crippen LogP contribution in [0.25, 0.3) is 11.0 Å². The Hall–Kier alpha value is -1.48. The van der Waals surface area contributed by atoms with Crippen LogP contribution in [-0.4, -0.2) is 12.4 Å². The van der Waals surface area contributed by atoms with Crippen LogP contribution in [0.5, 0.6) is 5.75 Å². The summed E-state index contributed by atoms with van der Waals surface area (Å²) in [4.78, 5) is 11.5. The molecule has 0 saturated heterocycles. The van der Waals surface area contributed by atoms with Crippen LogP contribution < -0.4 is 4.74 Å². The number of hydrogen-bond acceptors (Lipinski definition) is 3. The predicted molar refractivity (Wildman–Crippen MR) is 69.6 cm³/mol. The van der Waals surface area contributed by atoms with Crippen molar-refractivity contribution in [2.45, 2.75) is 25.7 Å². The molecular formula is C14H13ClO3. The molecule has 0 unspecified atom stereocenters. The lowest BCUT2D eigenvalue weighted by Crippen LogP contribution is -2.00. The summed E-state index contributed by atoms with van der Waals surface area (Å²) in [5.41, 5.74) is 2.29. The lowest BCUT2D eigenvalue weighted by Gasteiger charge is -2.09. The van der Waals surface area contributed by atoms with E-state index >= 15 is 0 Å². The molecule has 18 heavy (non-hydrogen) atoms. The fraction of sp³-hybridized carbons (Fsp3) is 0.357. The summed E-state index contributed by atoms with van der Waals surface area (Å²) in [6, 6.07) is 3.44. The van der Waals surface area contributed by atoms with Crippen LogP contribution in [0.4, 0.5) is 0 Å². The number of carbonyl (C=O) groups is 1. The van der Waals surface area contributed by atoms with Crippen LogP contribution in [0.1, 0.15) is 34.5 Å². The summed E-state index contributed by atoms with van der Waals surface area (Å²) in [5, 5.41) is 0.390. The van der Waals surface area contributed by atoms with E-state index in [4.69, 9.17) is 20.8 Å². The van der Waals surface area contributed by atoms with Gasteiger partial charge in [-0.25, -0.2) is 0 Å². The molecule has 0 aliphatic heterocycles. The van der Waals surface area contributed by atoms with Gasteiger partial charge in [0, 0.05) is 22.9 Å². The number of aryl methyl sites for hydroxylation is 2. The van der Waals surface area contributed by atoms with Gasteiger partial charge >= 0.3 is 0 Å². The van der Waals surface area contributed by atoms with Crippen LogP contribution in [0, 0.1) is 0 Å². The Bertz CT molecular complexity index is 627. The summed E-state index contributed by atoms with van der Waals surface area (Å²) >= 11 is 5.66. The second-order valence-corrected chi connectivity index (χ2v) is 4.85. The standard InChI is InChI=1S/C14H13ClO3/c1-17-11-7-6-9(14(15)16)12-8-4-2-3-5-10(8)18-13(11)12/h6-7H,2-5H2,1H3. The molecule has 0 N–H and O–H groups in total. The molecule has 94 valence electrons. The molecule has 1 aliphatic rings. The molecule has 1 aromatic carbocycles. The lowest BCUT2D eigenvalue weighted by molar-refractivity contribution is 0.108. The number of fused-ring (bicyclic) bond motifs is 3. The number of methoxy groups -OCH3 is 1. The summed E-state index contributed by atoms with van der Waals surface area (Å²) in [6.45, 7) is 0. The van der Waals surface area contributed by atoms with Crippen molar-refractivity contribution < 1.29 is 13.9 Å². The van der Waals surface area contributed by atoms with Crippen molar-refractivity contribution in [2.75, 3.05) is 7.11 Å². The van der Waals surface area contributed by atoms with E-state index in [-0.39, 0.29) is 0 Å². The van der Waals surface area contributed by atoms with Crippen molar-refractivity contribution >= 4 is 27.8 Å². The van der Waals surface area contributed by atoms with E-state index in [2.05, 4.69) is 0 Å². The summed E-state index contributed by atoms with van der Waals surface area (Å²) in [7, 11) is 1.60. The first-order valence-electron chi connectivity index (χ1n) is 6.03. The van der Waals surface area contributed by atoms with Gasteiger partial charge in [-0.3, -0.25) is 4.79 Å². The first-order chi connectivity index (χ1) is 8.72. The highest BCUT2D eigenvalue weighted by molar-refractivity contribution is 6.68. The predicted octanol–water partition coefficient (Wildman–Crippen LogP) is 3.70. The molecule has 4 heteroatoms. The molecule has 2 aromatic rings. The highest BCUT2D eigenvalue weighted by Gasteiger charge is 2.24. The quantitative estimate of drug-likeness (QED) is 0.777. The Kier molecular flexibility index (Phi) is 2.78. The van der Waals surface area contributed by atoms with E-state index in [1.54, 1.807) is 19.2 Å². The third-order valence-electron chi connectivity index (χ3n) is 3.50. The number of benzene rings is 1. The highest BCUT2D eigenvalue weighted by atomic mass is 35.5. The van der Waals surface area contributed by atoms with Crippen LogP contribution in [0.2, 0.25) is 0 Å². The van der Waals surface area contributed by atoms with Crippen molar-refractivity contribution in [3.8, 4) is 5.75 Å². The van der Waals surface area contributed by atoms with Gasteiger partial charge in [0.2, 0.25) is 0 Å². The maximum Gasteiger partial charge on any atom is 0.253 e. The van der Waals surface area contributed by atoms with Crippen LogP contribution in [0.15, 0.2) is 16.5 Å². The van der Waals surface area contributed by atoms with E-state index < -0.39 is 5.24 Å². The molecule has 3 nitrogen and oxygen atoms in total. The molecule has 0 saturated carbocycles. The highest BCUT2D eigenvalue weighted by Crippen LogP contribution is 2.39. The molecule has 3 rings (SSSR count). The van der Waals surface area contributed by atoms with E-state index in [0.29, 0.717) is 16.9 Å². The average molecular weight is 265 g/mol. The number of carbonyl (C=O) groups excluding carboxylic acids is 1. The first kappa shape index (κ1) is 11.6. The third-order valence-corrected chi connectivity index (χ3v) is 3.70. The Labute approximate surface area is 110 Å². The van der Waals surface area contributed by atoms with Crippen molar-refractivity contribution in [1.29, 1.82) is 0 Å². The fourth-order valence-corrected chi connectivity index (χ4v) is 2.82. The van der Waals surface area contributed by atoms with Gasteiger partial charge in [-0.1, -0.05) is 0 Å². The summed E-state index contributed by atoms with van der Waals surface area (Å²) < 4.78 is 11.2. The van der Waals surface area contributed by atoms with Gasteiger partial charge in [0.15, 0.2) is 11.3 Å². The molecule has 0 bridgehead atoms. The van der Waals surface area contributed by atoms with Crippen molar-refractivity contribution in [3.63, 3.8) is 0 Å². The lowest BCUT2D eigenvalue weighted by atomic mass is 9.94. The minimum Gasteiger partial charge on any atom is -0.493 e. The minimum absolute atomic E-state index is 0.447. The van der Waals surface area contributed by atoms with E-state index in [1.807, 2.05) is 0 Å². The largest absolute Gasteiger partial charge is 0.493 e. The third kappa shape index (κ3) is 1.62. The maximum atomic E-state index is 11.5. The molecule has 1 aromatic heterocycles. The van der Waals surface area contributed by atoms with Gasteiger partial charge in [0.05, 0.1) is 7.11 Å². The zero-order chi connectivity index (χ0) is 12.7. The van der Waals surface area contributed by atoms with Gasteiger partial charge < -0.3 is 9.15 Å². The second-order valence-electron chi connectivity index (χ2n) is 4.50. The Morgan fingerprint density at radius 1 is 1.33 bits per heavy atom. The van der Waals surface area contributed by atoms with Gasteiger partial charge in [-0.2, -0.15) is 0 Å². The molecule has 1 heterocycles. The van der Waals surface area contributed by atoms with Crippen molar-refractivity contribution in [2.24, 2.45) is 0 Å². The van der Waals surface area contributed by atoms with Crippen LogP contribution >= 0.6 is 11.6 Å². The molecule has 0 fully saturated rings. The van der Waals surface area contributed by atoms with Gasteiger partial charge in [-0.05, 0) is 43.0 Å². The van der Waals surface area contributed by atoms with Crippen LogP contribution in [0.3, 0.4) is 0 Å². The van der Waals surface area contributed by atoms with Crippen molar-refractivity contribution in [3.05, 3.63) is 29.0 Å². The fourth-order valence-electron chi connectivity index (χ4n) is 2.67. The maximum absolute atomic E-state index is 11.5. The van der Waals surface area contributed by atoms with Gasteiger partial charge in [0.1, 0.15) is 5.76 Å².